The lowest BCUT2D eigenvalue weighted by Gasteiger charge is -2.11. The Morgan fingerprint density at radius 1 is 0.950 bits per heavy atom. The first-order valence-corrected chi connectivity index (χ1v) is 13.6. The Bertz CT molecular complexity index is 2070. The Labute approximate surface area is 224 Å². The van der Waals surface area contributed by atoms with Crippen molar-refractivity contribution in [2.45, 2.75) is 11.1 Å². The lowest BCUT2D eigenvalue weighted by molar-refractivity contribution is -0.141. The van der Waals surface area contributed by atoms with Crippen LogP contribution in [0.5, 0.6) is 0 Å². The maximum atomic E-state index is 13.8. The zero-order valence-corrected chi connectivity index (χ0v) is 21.4. The van der Waals surface area contributed by atoms with Gasteiger partial charge in [-0.15, -0.1) is 0 Å². The van der Waals surface area contributed by atoms with Crippen LogP contribution in [0.25, 0.3) is 38.7 Å². The van der Waals surface area contributed by atoms with E-state index in [-0.39, 0.29) is 22.1 Å². The lowest BCUT2D eigenvalue weighted by atomic mass is 10.0. The second-order valence-corrected chi connectivity index (χ2v) is 11.1. The number of sulfone groups is 1. The van der Waals surface area contributed by atoms with Gasteiger partial charge in [-0.2, -0.15) is 18.3 Å². The van der Waals surface area contributed by atoms with Crippen molar-refractivity contribution in [3.63, 3.8) is 0 Å². The highest BCUT2D eigenvalue weighted by atomic mass is 32.2. The zero-order chi connectivity index (χ0) is 28.4. The van der Waals surface area contributed by atoms with Crippen LogP contribution in [-0.4, -0.2) is 40.1 Å². The predicted molar refractivity (Wildman–Crippen MR) is 141 cm³/mol. The van der Waals surface area contributed by atoms with E-state index in [1.54, 1.807) is 42.5 Å². The predicted octanol–water partition coefficient (Wildman–Crippen LogP) is 5.33. The van der Waals surface area contributed by atoms with Crippen LogP contribution in [-0.2, 0) is 16.0 Å². The van der Waals surface area contributed by atoms with Crippen molar-refractivity contribution in [2.75, 3.05) is 12.0 Å². The van der Waals surface area contributed by atoms with Gasteiger partial charge in [-0.05, 0) is 42.0 Å². The number of alkyl halides is 3. The summed E-state index contributed by atoms with van der Waals surface area (Å²) < 4.78 is 73.1. The number of halogens is 3. The molecule has 3 heterocycles. The Hall–Kier alpha value is -4.91. The van der Waals surface area contributed by atoms with E-state index in [9.17, 15) is 26.4 Å². The number of nitrogens with zero attached hydrogens (tertiary/aromatic N) is 4. The van der Waals surface area contributed by atoms with E-state index in [4.69, 9.17) is 10.3 Å². The summed E-state index contributed by atoms with van der Waals surface area (Å²) in [5, 5.41) is 8.22. The van der Waals surface area contributed by atoms with Crippen LogP contribution < -0.4 is 5.73 Å². The fourth-order valence-corrected chi connectivity index (χ4v) is 5.56. The smallest absolute Gasteiger partial charge is 0.380 e. The van der Waals surface area contributed by atoms with Crippen LogP contribution in [0.4, 0.5) is 19.0 Å². The summed E-state index contributed by atoms with van der Waals surface area (Å²) in [6.07, 6.45) is -2.29. The van der Waals surface area contributed by atoms with Crippen molar-refractivity contribution in [1.82, 2.24) is 19.5 Å². The van der Waals surface area contributed by atoms with Crippen molar-refractivity contribution in [3.05, 3.63) is 90.4 Å². The molecule has 0 aliphatic heterocycles. The van der Waals surface area contributed by atoms with Gasteiger partial charge >= 0.3 is 6.18 Å². The van der Waals surface area contributed by atoms with E-state index in [0.29, 0.717) is 39.1 Å². The number of nitrogen functional groups attached to an aromatic ring is 1. The number of anilines is 1. The summed E-state index contributed by atoms with van der Waals surface area (Å²) in [4.78, 5) is 13.9. The summed E-state index contributed by atoms with van der Waals surface area (Å²) in [7, 11) is -3.58. The molecule has 0 saturated heterocycles. The molecule has 9 nitrogen and oxygen atoms in total. The molecule has 0 saturated carbocycles. The minimum atomic E-state index is -4.82. The van der Waals surface area contributed by atoms with E-state index in [1.165, 1.54) is 35.0 Å². The molecule has 3 aromatic carbocycles. The molecule has 0 radical (unpaired) electrons. The van der Waals surface area contributed by atoms with Gasteiger partial charge in [-0.3, -0.25) is 9.36 Å². The third-order valence-electron chi connectivity index (χ3n) is 6.47. The van der Waals surface area contributed by atoms with Crippen LogP contribution in [0.1, 0.15) is 16.2 Å². The molecule has 0 unspecified atom stereocenters. The molecule has 202 valence electrons. The molecule has 0 amide bonds. The highest BCUT2D eigenvalue weighted by Gasteiger charge is 2.36. The molecule has 0 aliphatic carbocycles. The fourth-order valence-electron chi connectivity index (χ4n) is 4.66. The van der Waals surface area contributed by atoms with Gasteiger partial charge in [0, 0.05) is 29.5 Å². The van der Waals surface area contributed by atoms with Crippen molar-refractivity contribution in [1.29, 1.82) is 0 Å². The number of hydrogen-bond acceptors (Lipinski definition) is 7. The van der Waals surface area contributed by atoms with Crippen LogP contribution in [0, 0.1) is 0 Å². The molecule has 3 aromatic heterocycles. The number of aromatic nitrogens is 4. The van der Waals surface area contributed by atoms with Gasteiger partial charge in [0.2, 0.25) is 0 Å². The second-order valence-electron chi connectivity index (χ2n) is 9.07. The van der Waals surface area contributed by atoms with Gasteiger partial charge < -0.3 is 10.3 Å². The van der Waals surface area contributed by atoms with Gasteiger partial charge in [-0.25, -0.2) is 13.1 Å². The number of rotatable bonds is 4. The van der Waals surface area contributed by atoms with Crippen LogP contribution >= 0.6 is 0 Å². The van der Waals surface area contributed by atoms with E-state index in [2.05, 4.69) is 10.3 Å². The first-order chi connectivity index (χ1) is 18.9. The normalized spacial score (nSPS) is 12.4. The number of carbonyl (C=O) groups excluding carboxylic acids is 1. The molecule has 2 N–H and O–H groups in total. The molecule has 0 fully saturated rings. The molecule has 13 heteroatoms. The average Bonchev–Trinajstić information content (AvgIpc) is 3.64. The monoisotopic (exact) mass is 565 g/mol. The highest BCUT2D eigenvalue weighted by Crippen LogP contribution is 2.35. The number of benzene rings is 3. The molecule has 40 heavy (non-hydrogen) atoms. The Morgan fingerprint density at radius 2 is 1.70 bits per heavy atom. The van der Waals surface area contributed by atoms with Gasteiger partial charge in [-0.1, -0.05) is 35.5 Å². The van der Waals surface area contributed by atoms with Crippen molar-refractivity contribution < 1.29 is 30.9 Å². The summed E-state index contributed by atoms with van der Waals surface area (Å²) >= 11 is 0. The standard InChI is InChI=1S/C27H18F3N5O4S/c1-40(37,38)23-8-3-2-5-18(23)16-6-4-7-20-17(16)11-12-34(20)26(36)21-14-24(27(28,29)30)32-35(21)15-9-10-22-19(13-15)25(31)33-39-22/h2-14H,1H3,(H2,31,33). The molecule has 0 bridgehead atoms. The van der Waals surface area contributed by atoms with Gasteiger partial charge in [0.15, 0.2) is 26.9 Å². The lowest BCUT2D eigenvalue weighted by Crippen LogP contribution is -2.16. The minimum Gasteiger partial charge on any atom is -0.380 e. The number of hydrogen-bond donors (Lipinski definition) is 1. The summed E-state index contributed by atoms with van der Waals surface area (Å²) in [5.74, 6) is -0.754. The topological polar surface area (TPSA) is 126 Å². The fraction of sp³-hybridized carbons (Fsp3) is 0.0741. The van der Waals surface area contributed by atoms with Crippen molar-refractivity contribution in [3.8, 4) is 16.8 Å². The first kappa shape index (κ1) is 25.4. The van der Waals surface area contributed by atoms with Crippen molar-refractivity contribution >= 4 is 43.4 Å². The first-order valence-electron chi connectivity index (χ1n) is 11.7. The van der Waals surface area contributed by atoms with Gasteiger partial charge in [0.05, 0.1) is 21.5 Å². The quantitative estimate of drug-likeness (QED) is 0.306. The zero-order valence-electron chi connectivity index (χ0n) is 20.5. The highest BCUT2D eigenvalue weighted by molar-refractivity contribution is 7.90. The molecule has 0 aliphatic rings. The van der Waals surface area contributed by atoms with E-state index >= 15 is 0 Å². The van der Waals surface area contributed by atoms with E-state index < -0.39 is 27.6 Å². The third kappa shape index (κ3) is 4.11. The second kappa shape index (κ2) is 8.81. The number of nitrogens with two attached hydrogens (primary N) is 1. The summed E-state index contributed by atoms with van der Waals surface area (Å²) in [6, 6.07) is 18.0. The maximum absolute atomic E-state index is 13.8. The van der Waals surface area contributed by atoms with Crippen LogP contribution in [0.3, 0.4) is 0 Å². The summed E-state index contributed by atoms with van der Waals surface area (Å²) in [5.41, 5.74) is 6.00. The molecular formula is C27H18F3N5O4S. The molecule has 0 atom stereocenters. The third-order valence-corrected chi connectivity index (χ3v) is 7.63. The Kier molecular flexibility index (Phi) is 5.59. The molecular weight excluding hydrogens is 547 g/mol. The Balaban J connectivity index is 1.52. The molecule has 6 aromatic rings. The van der Waals surface area contributed by atoms with E-state index in [1.807, 2.05) is 0 Å². The average molecular weight is 566 g/mol. The van der Waals surface area contributed by atoms with Gasteiger partial charge in [0.25, 0.3) is 5.91 Å². The van der Waals surface area contributed by atoms with Crippen LogP contribution in [0.15, 0.2) is 88.4 Å². The molecule has 0 spiro atoms. The Morgan fingerprint density at radius 3 is 2.45 bits per heavy atom. The number of carbonyl (C=O) groups is 1. The van der Waals surface area contributed by atoms with Crippen molar-refractivity contribution in [2.24, 2.45) is 0 Å². The summed E-state index contributed by atoms with van der Waals surface area (Å²) in [6.45, 7) is 0. The van der Waals surface area contributed by atoms with Gasteiger partial charge in [0.1, 0.15) is 5.69 Å². The number of fused-ring (bicyclic) bond motifs is 2. The van der Waals surface area contributed by atoms with E-state index in [0.717, 1.165) is 10.9 Å². The largest absolute Gasteiger partial charge is 0.435 e. The SMILES string of the molecule is CS(=O)(=O)c1ccccc1-c1cccc2c1ccn2C(=O)c1cc(C(F)(F)F)nn1-c1ccc2onc(N)c2c1. The molecule has 6 rings (SSSR count). The minimum absolute atomic E-state index is 0.0336. The van der Waals surface area contributed by atoms with Crippen LogP contribution in [0.2, 0.25) is 0 Å². The maximum Gasteiger partial charge on any atom is 0.435 e.